The van der Waals surface area contributed by atoms with Crippen molar-refractivity contribution in [3.63, 3.8) is 0 Å². The van der Waals surface area contributed by atoms with E-state index in [4.69, 9.17) is 0 Å². The van der Waals surface area contributed by atoms with E-state index < -0.39 is 18.3 Å². The standard InChI is InChI=1S/C8H8BF3NO/c1-13-8(14)6-2-4-7(5-3-6)9(10,11)12/h2-5H,1H3,(H,13,14)/q-1. The predicted octanol–water partition coefficient (Wildman–Crippen LogP) is 1.10. The highest BCUT2D eigenvalue weighted by Crippen LogP contribution is 2.09. The molecule has 0 bridgehead atoms. The van der Waals surface area contributed by atoms with Crippen LogP contribution in [0.3, 0.4) is 0 Å². The monoisotopic (exact) mass is 202 g/mol. The molecule has 0 aliphatic carbocycles. The van der Waals surface area contributed by atoms with Crippen molar-refractivity contribution in [3.8, 4) is 0 Å². The lowest BCUT2D eigenvalue weighted by atomic mass is 9.80. The molecule has 0 fully saturated rings. The van der Waals surface area contributed by atoms with E-state index in [1.165, 1.54) is 7.05 Å². The van der Waals surface area contributed by atoms with E-state index in [2.05, 4.69) is 5.32 Å². The number of carbonyl (C=O) groups is 1. The summed E-state index contributed by atoms with van der Waals surface area (Å²) in [5.41, 5.74) is -0.478. The number of hydrogen-bond donors (Lipinski definition) is 1. The van der Waals surface area contributed by atoms with Crippen LogP contribution in [0.2, 0.25) is 0 Å². The van der Waals surface area contributed by atoms with Crippen molar-refractivity contribution < 1.29 is 17.7 Å². The largest absolute Gasteiger partial charge is 0.509 e. The number of halogens is 3. The molecular weight excluding hydrogens is 194 g/mol. The van der Waals surface area contributed by atoms with Gasteiger partial charge in [0.05, 0.1) is 0 Å². The Bertz CT molecular complexity index is 333. The molecule has 1 aromatic rings. The first-order valence-corrected chi connectivity index (χ1v) is 3.97. The fourth-order valence-electron chi connectivity index (χ4n) is 0.997. The zero-order chi connectivity index (χ0) is 10.8. The average Bonchev–Trinajstić information content (AvgIpc) is 2.15. The summed E-state index contributed by atoms with van der Waals surface area (Å²) in [4.78, 5) is 11.0. The molecule has 1 N–H and O–H groups in total. The third-order valence-corrected chi connectivity index (χ3v) is 1.78. The van der Waals surface area contributed by atoms with Crippen LogP contribution >= 0.6 is 0 Å². The van der Waals surface area contributed by atoms with Gasteiger partial charge in [0.15, 0.2) is 0 Å². The summed E-state index contributed by atoms with van der Waals surface area (Å²) in [5, 5.41) is 2.32. The van der Waals surface area contributed by atoms with Crippen LogP contribution in [-0.2, 0) is 0 Å². The molecule has 0 saturated carbocycles. The van der Waals surface area contributed by atoms with Crippen LogP contribution in [0.4, 0.5) is 12.9 Å². The molecule has 0 spiro atoms. The van der Waals surface area contributed by atoms with E-state index in [1.807, 2.05) is 0 Å². The van der Waals surface area contributed by atoms with E-state index in [0.29, 0.717) is 0 Å². The minimum atomic E-state index is -4.98. The molecule has 2 nitrogen and oxygen atoms in total. The highest BCUT2D eigenvalue weighted by Gasteiger charge is 2.25. The molecule has 0 saturated heterocycles. The normalized spacial score (nSPS) is 11.1. The van der Waals surface area contributed by atoms with Crippen LogP contribution < -0.4 is 10.8 Å². The van der Waals surface area contributed by atoms with Gasteiger partial charge in [0.1, 0.15) is 0 Å². The Labute approximate surface area is 79.2 Å². The maximum atomic E-state index is 12.2. The smallest absolute Gasteiger partial charge is 0.445 e. The van der Waals surface area contributed by atoms with Crippen LogP contribution in [0, 0.1) is 0 Å². The van der Waals surface area contributed by atoms with Crippen molar-refractivity contribution in [2.24, 2.45) is 0 Å². The lowest BCUT2D eigenvalue weighted by Crippen LogP contribution is -2.34. The Kier molecular flexibility index (Phi) is 2.83. The second kappa shape index (κ2) is 3.73. The molecule has 6 heteroatoms. The van der Waals surface area contributed by atoms with Gasteiger partial charge in [-0.25, -0.2) is 0 Å². The van der Waals surface area contributed by atoms with Crippen LogP contribution in [0.1, 0.15) is 10.4 Å². The third-order valence-electron chi connectivity index (χ3n) is 1.78. The first-order chi connectivity index (χ1) is 6.45. The van der Waals surface area contributed by atoms with Crippen molar-refractivity contribution in [2.45, 2.75) is 0 Å². The molecule has 0 unspecified atom stereocenters. The lowest BCUT2D eigenvalue weighted by molar-refractivity contribution is 0.0963. The van der Waals surface area contributed by atoms with Crippen molar-refractivity contribution in [2.75, 3.05) is 7.05 Å². The fourth-order valence-corrected chi connectivity index (χ4v) is 0.997. The molecule has 1 amide bonds. The van der Waals surface area contributed by atoms with Crippen molar-refractivity contribution in [3.05, 3.63) is 29.8 Å². The van der Waals surface area contributed by atoms with Crippen molar-refractivity contribution >= 4 is 18.3 Å². The SMILES string of the molecule is CNC(=O)c1ccc([B-](F)(F)F)cc1. The van der Waals surface area contributed by atoms with E-state index in [9.17, 15) is 17.7 Å². The first-order valence-electron chi connectivity index (χ1n) is 3.97. The van der Waals surface area contributed by atoms with Gasteiger partial charge in [-0.1, -0.05) is 24.3 Å². The van der Waals surface area contributed by atoms with E-state index in [0.717, 1.165) is 24.3 Å². The number of rotatable bonds is 2. The summed E-state index contributed by atoms with van der Waals surface area (Å²) in [6, 6.07) is 4.13. The lowest BCUT2D eigenvalue weighted by Gasteiger charge is -2.14. The Morgan fingerprint density at radius 1 is 1.21 bits per heavy atom. The van der Waals surface area contributed by atoms with E-state index in [-0.39, 0.29) is 5.56 Å². The van der Waals surface area contributed by atoms with E-state index >= 15 is 0 Å². The highest BCUT2D eigenvalue weighted by molar-refractivity contribution is 6.73. The Morgan fingerprint density at radius 2 is 1.71 bits per heavy atom. The summed E-state index contributed by atoms with van der Waals surface area (Å²) in [5.74, 6) is -0.397. The Hall–Kier alpha value is -1.46. The first kappa shape index (κ1) is 10.6. The molecule has 0 aliphatic heterocycles. The van der Waals surface area contributed by atoms with Gasteiger partial charge in [-0.05, 0) is 0 Å². The maximum absolute atomic E-state index is 12.2. The second-order valence-electron chi connectivity index (χ2n) is 2.78. The van der Waals surface area contributed by atoms with Gasteiger partial charge in [-0.3, -0.25) is 4.79 Å². The topological polar surface area (TPSA) is 29.1 Å². The summed E-state index contributed by atoms with van der Waals surface area (Å²) in [6.45, 7) is -4.98. The van der Waals surface area contributed by atoms with Crippen LogP contribution in [-0.4, -0.2) is 19.9 Å². The molecule has 0 aromatic heterocycles. The summed E-state index contributed by atoms with van der Waals surface area (Å²) in [7, 11) is 1.42. The van der Waals surface area contributed by atoms with Crippen LogP contribution in [0.5, 0.6) is 0 Å². The number of benzene rings is 1. The number of amides is 1. The molecule has 76 valence electrons. The van der Waals surface area contributed by atoms with Crippen LogP contribution in [0.15, 0.2) is 24.3 Å². The van der Waals surface area contributed by atoms with Gasteiger partial charge in [0.25, 0.3) is 5.91 Å². The molecule has 1 rings (SSSR count). The van der Waals surface area contributed by atoms with E-state index in [1.54, 1.807) is 0 Å². The highest BCUT2D eigenvalue weighted by atomic mass is 19.4. The third kappa shape index (κ3) is 2.28. The Balaban J connectivity index is 2.95. The van der Waals surface area contributed by atoms with Gasteiger partial charge >= 0.3 is 6.98 Å². The number of carbonyl (C=O) groups excluding carboxylic acids is 1. The van der Waals surface area contributed by atoms with Crippen molar-refractivity contribution in [1.82, 2.24) is 5.32 Å². The minimum absolute atomic E-state index is 0.219. The second-order valence-corrected chi connectivity index (χ2v) is 2.78. The minimum Gasteiger partial charge on any atom is -0.445 e. The molecular formula is C8H8BF3NO-. The van der Waals surface area contributed by atoms with Gasteiger partial charge in [0, 0.05) is 12.6 Å². The van der Waals surface area contributed by atoms with Gasteiger partial charge in [0.2, 0.25) is 0 Å². The fraction of sp³-hybridized carbons (Fsp3) is 0.125. The van der Waals surface area contributed by atoms with Gasteiger partial charge in [-0.15, -0.1) is 5.46 Å². The van der Waals surface area contributed by atoms with Crippen molar-refractivity contribution in [1.29, 1.82) is 0 Å². The number of hydrogen-bond acceptors (Lipinski definition) is 1. The predicted molar refractivity (Wildman–Crippen MR) is 48.5 cm³/mol. The zero-order valence-corrected chi connectivity index (χ0v) is 7.43. The van der Waals surface area contributed by atoms with Gasteiger partial charge in [-0.2, -0.15) is 0 Å². The summed E-state index contributed by atoms with van der Waals surface area (Å²) in [6.07, 6.45) is 0. The molecule has 0 heterocycles. The van der Waals surface area contributed by atoms with Gasteiger partial charge < -0.3 is 18.3 Å². The van der Waals surface area contributed by atoms with Crippen LogP contribution in [0.25, 0.3) is 0 Å². The Morgan fingerprint density at radius 3 is 2.07 bits per heavy atom. The summed E-state index contributed by atoms with van der Waals surface area (Å²) < 4.78 is 36.5. The zero-order valence-electron chi connectivity index (χ0n) is 7.43. The average molecular weight is 202 g/mol. The molecule has 1 aromatic carbocycles. The molecule has 0 radical (unpaired) electrons. The number of nitrogens with one attached hydrogen (secondary N) is 1. The molecule has 0 aliphatic rings. The molecule has 14 heavy (non-hydrogen) atoms. The molecule has 0 atom stereocenters. The quantitative estimate of drug-likeness (QED) is 0.714. The summed E-state index contributed by atoms with van der Waals surface area (Å²) >= 11 is 0. The maximum Gasteiger partial charge on any atom is 0.509 e.